The van der Waals surface area contributed by atoms with Crippen LogP contribution in [0.25, 0.3) is 0 Å². The van der Waals surface area contributed by atoms with Crippen molar-refractivity contribution < 1.29 is 9.47 Å². The molecule has 0 spiro atoms. The molecular weight excluding hydrogens is 372 g/mol. The van der Waals surface area contributed by atoms with Crippen molar-refractivity contribution in [1.82, 2.24) is 15.5 Å². The minimum Gasteiger partial charge on any atom is -0.492 e. The van der Waals surface area contributed by atoms with Crippen molar-refractivity contribution in [2.24, 2.45) is 4.99 Å². The minimum atomic E-state index is 0.602. The van der Waals surface area contributed by atoms with Crippen LogP contribution in [0.2, 0.25) is 0 Å². The third-order valence-corrected chi connectivity index (χ3v) is 4.97. The molecule has 154 valence electrons. The molecule has 0 saturated carbocycles. The summed E-state index contributed by atoms with van der Waals surface area (Å²) in [7, 11) is 3.79. The van der Waals surface area contributed by atoms with Crippen LogP contribution in [0.15, 0.2) is 46.8 Å². The SMILES string of the molecule is CCNC(=NCc1cccc(OCCN(C)CCOC)c1)NCc1cccs1. The smallest absolute Gasteiger partial charge is 0.191 e. The van der Waals surface area contributed by atoms with Gasteiger partial charge in [0.1, 0.15) is 12.4 Å². The molecule has 0 atom stereocenters. The Balaban J connectivity index is 1.82. The van der Waals surface area contributed by atoms with Gasteiger partial charge in [-0.3, -0.25) is 0 Å². The number of benzene rings is 1. The van der Waals surface area contributed by atoms with E-state index in [2.05, 4.69) is 64.1 Å². The number of aliphatic imine (C=N–C) groups is 1. The summed E-state index contributed by atoms with van der Waals surface area (Å²) in [6, 6.07) is 12.3. The van der Waals surface area contributed by atoms with E-state index in [0.717, 1.165) is 50.1 Å². The van der Waals surface area contributed by atoms with Crippen LogP contribution in [0.4, 0.5) is 0 Å². The summed E-state index contributed by atoms with van der Waals surface area (Å²) in [6.45, 7) is 7.43. The Hall–Kier alpha value is -2.09. The molecular formula is C21H32N4O2S. The topological polar surface area (TPSA) is 58.1 Å². The van der Waals surface area contributed by atoms with Crippen molar-refractivity contribution in [2.75, 3.05) is 47.0 Å². The second-order valence-corrected chi connectivity index (χ2v) is 7.45. The van der Waals surface area contributed by atoms with Crippen LogP contribution in [0.5, 0.6) is 5.75 Å². The number of rotatable bonds is 12. The minimum absolute atomic E-state index is 0.602. The first-order chi connectivity index (χ1) is 13.7. The largest absolute Gasteiger partial charge is 0.492 e. The zero-order chi connectivity index (χ0) is 20.0. The molecule has 2 rings (SSSR count). The Morgan fingerprint density at radius 2 is 2.00 bits per heavy atom. The molecule has 0 amide bonds. The van der Waals surface area contributed by atoms with Crippen molar-refractivity contribution in [1.29, 1.82) is 0 Å². The predicted octanol–water partition coefficient (Wildman–Crippen LogP) is 2.96. The molecule has 0 bridgehead atoms. The van der Waals surface area contributed by atoms with E-state index in [-0.39, 0.29) is 0 Å². The van der Waals surface area contributed by atoms with Crippen LogP contribution in [-0.4, -0.2) is 57.9 Å². The molecule has 0 radical (unpaired) electrons. The standard InChI is InChI=1S/C21H32N4O2S/c1-4-22-21(24-17-20-9-6-14-28-20)23-16-18-7-5-8-19(15-18)27-13-11-25(2)10-12-26-3/h5-9,14-15H,4,10-13,16-17H2,1-3H3,(H2,22,23,24). The Labute approximate surface area is 172 Å². The summed E-state index contributed by atoms with van der Waals surface area (Å²) in [5.41, 5.74) is 1.12. The maximum Gasteiger partial charge on any atom is 0.191 e. The molecule has 28 heavy (non-hydrogen) atoms. The van der Waals surface area contributed by atoms with E-state index in [9.17, 15) is 0 Å². The Bertz CT molecular complexity index is 691. The highest BCUT2D eigenvalue weighted by molar-refractivity contribution is 7.09. The second-order valence-electron chi connectivity index (χ2n) is 6.42. The fraction of sp³-hybridized carbons (Fsp3) is 0.476. The van der Waals surface area contributed by atoms with Gasteiger partial charge in [-0.2, -0.15) is 0 Å². The van der Waals surface area contributed by atoms with Crippen LogP contribution in [-0.2, 0) is 17.8 Å². The van der Waals surface area contributed by atoms with Crippen LogP contribution in [0, 0.1) is 0 Å². The highest BCUT2D eigenvalue weighted by atomic mass is 32.1. The van der Waals surface area contributed by atoms with Crippen molar-refractivity contribution in [3.63, 3.8) is 0 Å². The number of likely N-dealkylation sites (N-methyl/N-ethyl adjacent to an activating group) is 1. The van der Waals surface area contributed by atoms with Crippen molar-refractivity contribution in [3.05, 3.63) is 52.2 Å². The first-order valence-corrected chi connectivity index (χ1v) is 10.5. The van der Waals surface area contributed by atoms with Crippen molar-refractivity contribution in [3.8, 4) is 5.75 Å². The number of ether oxygens (including phenoxy) is 2. The van der Waals surface area contributed by atoms with Gasteiger partial charge in [-0.15, -0.1) is 11.3 Å². The van der Waals surface area contributed by atoms with E-state index in [0.29, 0.717) is 13.2 Å². The lowest BCUT2D eigenvalue weighted by molar-refractivity contribution is 0.150. The monoisotopic (exact) mass is 404 g/mol. The molecule has 6 nitrogen and oxygen atoms in total. The summed E-state index contributed by atoms with van der Waals surface area (Å²) >= 11 is 1.74. The Morgan fingerprint density at radius 3 is 2.75 bits per heavy atom. The highest BCUT2D eigenvalue weighted by Crippen LogP contribution is 2.14. The number of nitrogens with one attached hydrogen (secondary N) is 2. The summed E-state index contributed by atoms with van der Waals surface area (Å²) < 4.78 is 11.0. The number of methoxy groups -OCH3 is 1. The van der Waals surface area contributed by atoms with Crippen LogP contribution < -0.4 is 15.4 Å². The fourth-order valence-corrected chi connectivity index (χ4v) is 3.15. The number of guanidine groups is 1. The zero-order valence-electron chi connectivity index (χ0n) is 17.1. The van der Waals surface area contributed by atoms with Gasteiger partial charge in [0.2, 0.25) is 0 Å². The number of hydrogen-bond donors (Lipinski definition) is 2. The lowest BCUT2D eigenvalue weighted by Crippen LogP contribution is -2.36. The lowest BCUT2D eigenvalue weighted by Gasteiger charge is -2.16. The Kier molecular flexibility index (Phi) is 10.4. The molecule has 2 aromatic rings. The fourth-order valence-electron chi connectivity index (χ4n) is 2.51. The molecule has 0 unspecified atom stereocenters. The van der Waals surface area contributed by atoms with Gasteiger partial charge in [0.15, 0.2) is 5.96 Å². The van der Waals surface area contributed by atoms with Gasteiger partial charge in [-0.25, -0.2) is 4.99 Å². The van der Waals surface area contributed by atoms with Gasteiger partial charge in [0.25, 0.3) is 0 Å². The van der Waals surface area contributed by atoms with Gasteiger partial charge >= 0.3 is 0 Å². The molecule has 1 aromatic carbocycles. The first-order valence-electron chi connectivity index (χ1n) is 9.65. The third kappa shape index (κ3) is 8.73. The Morgan fingerprint density at radius 1 is 1.14 bits per heavy atom. The summed E-state index contributed by atoms with van der Waals surface area (Å²) in [6.07, 6.45) is 0. The van der Waals surface area contributed by atoms with E-state index < -0.39 is 0 Å². The number of nitrogens with zero attached hydrogens (tertiary/aromatic N) is 2. The van der Waals surface area contributed by atoms with E-state index in [1.54, 1.807) is 18.4 Å². The zero-order valence-corrected chi connectivity index (χ0v) is 17.9. The normalized spacial score (nSPS) is 11.6. The summed E-state index contributed by atoms with van der Waals surface area (Å²) in [5, 5.41) is 8.75. The summed E-state index contributed by atoms with van der Waals surface area (Å²) in [4.78, 5) is 8.17. The molecule has 0 fully saturated rings. The average molecular weight is 405 g/mol. The maximum atomic E-state index is 5.89. The van der Waals surface area contributed by atoms with Gasteiger partial charge in [0.05, 0.1) is 19.7 Å². The van der Waals surface area contributed by atoms with Crippen molar-refractivity contribution in [2.45, 2.75) is 20.0 Å². The maximum absolute atomic E-state index is 5.89. The van der Waals surface area contributed by atoms with Crippen molar-refractivity contribution >= 4 is 17.3 Å². The molecule has 0 aliphatic carbocycles. The summed E-state index contributed by atoms with van der Waals surface area (Å²) in [5.74, 6) is 1.70. The predicted molar refractivity (Wildman–Crippen MR) is 117 cm³/mol. The first kappa shape index (κ1) is 22.2. The second kappa shape index (κ2) is 13.1. The molecule has 0 saturated heterocycles. The molecule has 2 N–H and O–H groups in total. The van der Waals surface area contributed by atoms with Gasteiger partial charge in [0, 0.05) is 31.6 Å². The van der Waals surface area contributed by atoms with E-state index >= 15 is 0 Å². The lowest BCUT2D eigenvalue weighted by atomic mass is 10.2. The molecule has 1 aromatic heterocycles. The van der Waals surface area contributed by atoms with E-state index in [1.807, 2.05) is 12.1 Å². The van der Waals surface area contributed by atoms with Crippen LogP contribution in [0.1, 0.15) is 17.4 Å². The van der Waals surface area contributed by atoms with Crippen LogP contribution in [0.3, 0.4) is 0 Å². The number of thiophene rings is 1. The quantitative estimate of drug-likeness (QED) is 0.421. The number of hydrogen-bond acceptors (Lipinski definition) is 5. The molecule has 1 heterocycles. The molecule has 0 aliphatic heterocycles. The molecule has 0 aliphatic rings. The van der Waals surface area contributed by atoms with E-state index in [1.165, 1.54) is 4.88 Å². The van der Waals surface area contributed by atoms with Gasteiger partial charge < -0.3 is 25.0 Å². The molecule has 7 heteroatoms. The van der Waals surface area contributed by atoms with E-state index in [4.69, 9.17) is 9.47 Å². The van der Waals surface area contributed by atoms with Crippen LogP contribution >= 0.6 is 11.3 Å². The third-order valence-electron chi connectivity index (χ3n) is 4.09. The van der Waals surface area contributed by atoms with Gasteiger partial charge in [-0.1, -0.05) is 18.2 Å². The average Bonchev–Trinajstić information content (AvgIpc) is 3.22. The highest BCUT2D eigenvalue weighted by Gasteiger charge is 2.02. The van der Waals surface area contributed by atoms with Gasteiger partial charge in [-0.05, 0) is 43.1 Å².